The number of nitrogens with zero attached hydrogens (tertiary/aromatic N) is 2. The van der Waals surface area contributed by atoms with E-state index in [-0.39, 0.29) is 46.4 Å². The quantitative estimate of drug-likeness (QED) is 0.255. The lowest BCUT2D eigenvalue weighted by Gasteiger charge is -2.32. The highest BCUT2D eigenvalue weighted by Gasteiger charge is 2.53. The van der Waals surface area contributed by atoms with Crippen LogP contribution in [0.25, 0.3) is 0 Å². The fourth-order valence-electron chi connectivity index (χ4n) is 3.33. The number of nitro benzene ring substituents is 1. The molecule has 4 rings (SSSR count). The van der Waals surface area contributed by atoms with E-state index in [9.17, 15) is 19.3 Å². The smallest absolute Gasteiger partial charge is 0.483 e. The Morgan fingerprint density at radius 3 is 2.31 bits per heavy atom. The lowest BCUT2D eigenvalue weighted by molar-refractivity contribution is -0.386. The van der Waals surface area contributed by atoms with Crippen molar-refractivity contribution in [3.05, 3.63) is 44.1 Å². The summed E-state index contributed by atoms with van der Waals surface area (Å²) in [5.41, 5.74) is -0.554. The summed E-state index contributed by atoms with van der Waals surface area (Å²) in [5, 5.41) is 10.6. The van der Waals surface area contributed by atoms with Crippen LogP contribution in [0.15, 0.2) is 28.2 Å². The van der Waals surface area contributed by atoms with Crippen molar-refractivity contribution >= 4 is 34.8 Å². The Morgan fingerprint density at radius 2 is 1.81 bits per heavy atom. The molecule has 0 N–H and O–H groups in total. The van der Waals surface area contributed by atoms with Crippen molar-refractivity contribution in [2.45, 2.75) is 84.2 Å². The van der Waals surface area contributed by atoms with Crippen LogP contribution in [0.1, 0.15) is 61.3 Å². The molecule has 2 aliphatic heterocycles. The fraction of sp³-hybridized carbons (Fsp3) is 0.625. The van der Waals surface area contributed by atoms with Crippen LogP contribution >= 0.6 is 15.9 Å². The van der Waals surface area contributed by atoms with Crippen molar-refractivity contribution in [2.75, 3.05) is 13.1 Å². The minimum atomic E-state index is -0.662. The number of benzene rings is 1. The first-order chi connectivity index (χ1) is 16.5. The summed E-state index contributed by atoms with van der Waals surface area (Å²) in [6.45, 7) is 14.7. The predicted octanol–water partition coefficient (Wildman–Crippen LogP) is 5.83. The summed E-state index contributed by atoms with van der Waals surface area (Å²) in [6, 6.07) is 2.16. The van der Waals surface area contributed by atoms with Gasteiger partial charge in [-0.2, -0.15) is 0 Å². The molecule has 3 aliphatic rings. The van der Waals surface area contributed by atoms with Crippen LogP contribution in [-0.4, -0.2) is 59.0 Å². The Kier molecular flexibility index (Phi) is 8.12. The molecule has 1 saturated heterocycles. The topological polar surface area (TPSA) is 100 Å². The molecule has 1 aromatic rings. The third kappa shape index (κ3) is 6.98. The molecule has 1 aliphatic carbocycles. The van der Waals surface area contributed by atoms with Gasteiger partial charge in [-0.1, -0.05) is 6.08 Å². The molecule has 198 valence electrons. The lowest BCUT2D eigenvalue weighted by Crippen LogP contribution is -2.41. The summed E-state index contributed by atoms with van der Waals surface area (Å²) in [5.74, 6) is -0.541. The maximum absolute atomic E-state index is 13.1. The van der Waals surface area contributed by atoms with Gasteiger partial charge in [0.25, 0.3) is 0 Å². The largest absolute Gasteiger partial charge is 0.492 e. The predicted molar refractivity (Wildman–Crippen MR) is 136 cm³/mol. The van der Waals surface area contributed by atoms with Gasteiger partial charge in [-0.15, -0.1) is 0 Å². The van der Waals surface area contributed by atoms with Crippen molar-refractivity contribution in [1.29, 1.82) is 0 Å². The van der Waals surface area contributed by atoms with Gasteiger partial charge < -0.3 is 23.7 Å². The summed E-state index contributed by atoms with van der Waals surface area (Å²) in [4.78, 5) is 23.7. The lowest BCUT2D eigenvalue weighted by atomic mass is 9.79. The van der Waals surface area contributed by atoms with E-state index < -0.39 is 16.3 Å². The molecule has 0 atom stereocenters. The molecule has 0 spiro atoms. The van der Waals surface area contributed by atoms with Crippen LogP contribution in [0.2, 0.25) is 0 Å². The van der Waals surface area contributed by atoms with Crippen LogP contribution in [0.3, 0.4) is 0 Å². The normalized spacial score (nSPS) is 20.4. The number of rotatable bonds is 4. The number of nitro groups is 1. The van der Waals surface area contributed by atoms with E-state index in [2.05, 4.69) is 15.9 Å². The minimum Gasteiger partial charge on any atom is -0.483 e. The summed E-state index contributed by atoms with van der Waals surface area (Å²) < 4.78 is 36.0. The van der Waals surface area contributed by atoms with E-state index in [1.54, 1.807) is 4.90 Å². The molecular weight excluding hydrogens is 538 g/mol. The molecule has 0 unspecified atom stereocenters. The number of halogens is 2. The Hall–Kier alpha value is -2.18. The standard InChI is InChI=1S/C15H26BNO4.C9H7BrFNO3/c1-13(2,3)19-12(18)17-9-8-11(10-17)16-20-14(4,5)15(6,7)21-16;10-6-3-9(15-5-1-2-5)8(12(13)14)4-7(6)11/h8H,9-10H2,1-7H3;3-5H,1-2H2. The Morgan fingerprint density at radius 1 is 1.22 bits per heavy atom. The zero-order valence-corrected chi connectivity index (χ0v) is 23.3. The second-order valence-corrected chi connectivity index (χ2v) is 11.9. The van der Waals surface area contributed by atoms with Crippen molar-refractivity contribution in [1.82, 2.24) is 4.90 Å². The zero-order valence-electron chi connectivity index (χ0n) is 21.7. The van der Waals surface area contributed by atoms with Gasteiger partial charge in [0, 0.05) is 19.2 Å². The van der Waals surface area contributed by atoms with Crippen LogP contribution in [0, 0.1) is 15.9 Å². The third-order valence-electron chi connectivity index (χ3n) is 6.17. The molecule has 12 heteroatoms. The third-order valence-corrected chi connectivity index (χ3v) is 6.78. The van der Waals surface area contributed by atoms with E-state index in [1.165, 1.54) is 6.07 Å². The van der Waals surface area contributed by atoms with Gasteiger partial charge in [-0.3, -0.25) is 10.1 Å². The molecule has 1 saturated carbocycles. The van der Waals surface area contributed by atoms with Gasteiger partial charge in [-0.05, 0) is 82.7 Å². The SMILES string of the molecule is CC(C)(C)OC(=O)N1CC=C(B2OC(C)(C)C(C)(C)O2)C1.O=[N+]([O-])c1cc(F)c(Br)cc1OC1CC1. The number of carbonyl (C=O) groups excluding carboxylic acids is 1. The molecule has 0 aromatic heterocycles. The number of hydrogen-bond donors (Lipinski definition) is 0. The number of carbonyl (C=O) groups is 1. The molecule has 0 bridgehead atoms. The van der Waals surface area contributed by atoms with Crippen molar-refractivity contribution in [2.24, 2.45) is 0 Å². The average molecular weight is 571 g/mol. The highest BCUT2D eigenvalue weighted by Crippen LogP contribution is 2.39. The maximum Gasteiger partial charge on any atom is 0.492 e. The van der Waals surface area contributed by atoms with E-state index in [0.29, 0.717) is 13.1 Å². The van der Waals surface area contributed by atoms with Gasteiger partial charge >= 0.3 is 18.9 Å². The molecule has 2 heterocycles. The Balaban J connectivity index is 0.000000212. The number of amides is 1. The van der Waals surface area contributed by atoms with Crippen molar-refractivity contribution in [3.63, 3.8) is 0 Å². The highest BCUT2D eigenvalue weighted by atomic mass is 79.9. The highest BCUT2D eigenvalue weighted by molar-refractivity contribution is 9.10. The van der Waals surface area contributed by atoms with Crippen LogP contribution in [0.4, 0.5) is 14.9 Å². The number of ether oxygens (including phenoxy) is 2. The molecule has 36 heavy (non-hydrogen) atoms. The van der Waals surface area contributed by atoms with Crippen molar-refractivity contribution in [3.8, 4) is 5.75 Å². The molecule has 1 amide bonds. The first kappa shape index (κ1) is 28.4. The average Bonchev–Trinajstić information content (AvgIpc) is 3.33. The van der Waals surface area contributed by atoms with Crippen LogP contribution in [0.5, 0.6) is 5.75 Å². The number of hydrogen-bond acceptors (Lipinski definition) is 7. The molecular formula is C24H33BBrFN2O7. The van der Waals surface area contributed by atoms with E-state index in [4.69, 9.17) is 18.8 Å². The van der Waals surface area contributed by atoms with Crippen LogP contribution in [-0.2, 0) is 14.0 Å². The molecule has 1 aromatic carbocycles. The van der Waals surface area contributed by atoms with E-state index >= 15 is 0 Å². The second kappa shape index (κ2) is 10.3. The van der Waals surface area contributed by atoms with E-state index in [0.717, 1.165) is 24.4 Å². The zero-order chi connectivity index (χ0) is 27.1. The van der Waals surface area contributed by atoms with Gasteiger partial charge in [0.2, 0.25) is 0 Å². The fourth-order valence-corrected chi connectivity index (χ4v) is 3.65. The van der Waals surface area contributed by atoms with Gasteiger partial charge in [0.15, 0.2) is 5.75 Å². The Bertz CT molecular complexity index is 1040. The first-order valence-corrected chi connectivity index (χ1v) is 12.6. The molecule has 2 fully saturated rings. The molecule has 9 nitrogen and oxygen atoms in total. The summed E-state index contributed by atoms with van der Waals surface area (Å²) in [6.07, 6.45) is 3.52. The summed E-state index contributed by atoms with van der Waals surface area (Å²) in [7, 11) is -0.387. The van der Waals surface area contributed by atoms with E-state index in [1.807, 2.05) is 54.5 Å². The molecule has 0 radical (unpaired) electrons. The van der Waals surface area contributed by atoms with Gasteiger partial charge in [0.05, 0.1) is 32.8 Å². The maximum atomic E-state index is 13.1. The second-order valence-electron chi connectivity index (χ2n) is 11.0. The monoisotopic (exact) mass is 570 g/mol. The van der Waals surface area contributed by atoms with Gasteiger partial charge in [-0.25, -0.2) is 9.18 Å². The van der Waals surface area contributed by atoms with Crippen molar-refractivity contribution < 1.29 is 32.9 Å². The minimum absolute atomic E-state index is 0.0426. The Labute approximate surface area is 219 Å². The first-order valence-electron chi connectivity index (χ1n) is 11.8. The van der Waals surface area contributed by atoms with Crippen LogP contribution < -0.4 is 4.74 Å². The van der Waals surface area contributed by atoms with Gasteiger partial charge in [0.1, 0.15) is 11.4 Å². The summed E-state index contributed by atoms with van der Waals surface area (Å²) >= 11 is 2.96.